The van der Waals surface area contributed by atoms with Gasteiger partial charge in [0, 0.05) is 26.9 Å². The Morgan fingerprint density at radius 1 is 1.31 bits per heavy atom. The number of hydrogen-bond donors (Lipinski definition) is 0. The standard InChI is InChI=1S/C16H20FN3O5S/c1-11(16-19-18-12(2)25-16)24-15(21)5-4-10-20(3)26(22,23)14-8-6-13(17)7-9-14/h6-9,11H,4-5,10H2,1-3H3. The Kier molecular flexibility index (Phi) is 6.43. The quantitative estimate of drug-likeness (QED) is 0.642. The van der Waals surface area contributed by atoms with Crippen LogP contribution in [-0.4, -0.2) is 42.5 Å². The average Bonchev–Trinajstić information content (AvgIpc) is 3.01. The summed E-state index contributed by atoms with van der Waals surface area (Å²) >= 11 is 0. The number of hydrogen-bond acceptors (Lipinski definition) is 7. The number of halogens is 1. The van der Waals surface area contributed by atoms with Gasteiger partial charge in [-0.1, -0.05) is 0 Å². The summed E-state index contributed by atoms with van der Waals surface area (Å²) < 4.78 is 49.1. The lowest BCUT2D eigenvalue weighted by Crippen LogP contribution is -2.28. The Morgan fingerprint density at radius 2 is 1.96 bits per heavy atom. The summed E-state index contributed by atoms with van der Waals surface area (Å²) in [4.78, 5) is 11.8. The van der Waals surface area contributed by atoms with E-state index in [1.54, 1.807) is 13.8 Å². The van der Waals surface area contributed by atoms with Crippen molar-refractivity contribution in [2.24, 2.45) is 0 Å². The molecular weight excluding hydrogens is 365 g/mol. The van der Waals surface area contributed by atoms with E-state index in [0.717, 1.165) is 16.4 Å². The van der Waals surface area contributed by atoms with Crippen molar-refractivity contribution < 1.29 is 26.8 Å². The molecule has 0 aliphatic heterocycles. The number of esters is 1. The van der Waals surface area contributed by atoms with Crippen molar-refractivity contribution in [3.8, 4) is 0 Å². The fraction of sp³-hybridized carbons (Fsp3) is 0.438. The van der Waals surface area contributed by atoms with Crippen LogP contribution < -0.4 is 0 Å². The molecule has 1 aromatic carbocycles. The number of carbonyl (C=O) groups is 1. The fourth-order valence-corrected chi connectivity index (χ4v) is 3.34. The highest BCUT2D eigenvalue weighted by Crippen LogP contribution is 2.17. The van der Waals surface area contributed by atoms with Gasteiger partial charge >= 0.3 is 5.97 Å². The van der Waals surface area contributed by atoms with Gasteiger partial charge in [0.05, 0.1) is 4.90 Å². The van der Waals surface area contributed by atoms with Crippen LogP contribution >= 0.6 is 0 Å². The number of ether oxygens (including phenoxy) is 1. The van der Waals surface area contributed by atoms with Crippen molar-refractivity contribution in [2.45, 2.75) is 37.7 Å². The molecule has 0 bridgehead atoms. The lowest BCUT2D eigenvalue weighted by molar-refractivity contribution is -0.149. The number of aryl methyl sites for hydroxylation is 1. The van der Waals surface area contributed by atoms with Crippen LogP contribution in [0.4, 0.5) is 4.39 Å². The predicted molar refractivity (Wildman–Crippen MR) is 89.0 cm³/mol. The van der Waals surface area contributed by atoms with Crippen LogP contribution in [-0.2, 0) is 19.6 Å². The first-order valence-electron chi connectivity index (χ1n) is 7.91. The zero-order chi connectivity index (χ0) is 19.3. The number of benzene rings is 1. The summed E-state index contributed by atoms with van der Waals surface area (Å²) in [6.45, 7) is 3.35. The van der Waals surface area contributed by atoms with Gasteiger partial charge in [0.15, 0.2) is 6.10 Å². The monoisotopic (exact) mass is 385 g/mol. The molecule has 1 aromatic heterocycles. The molecule has 0 N–H and O–H groups in total. The zero-order valence-corrected chi connectivity index (χ0v) is 15.5. The molecule has 0 aliphatic rings. The lowest BCUT2D eigenvalue weighted by Gasteiger charge is -2.17. The van der Waals surface area contributed by atoms with Gasteiger partial charge < -0.3 is 9.15 Å². The zero-order valence-electron chi connectivity index (χ0n) is 14.7. The highest BCUT2D eigenvalue weighted by molar-refractivity contribution is 7.89. The molecule has 0 fully saturated rings. The van der Waals surface area contributed by atoms with Crippen LogP contribution in [0.25, 0.3) is 0 Å². The van der Waals surface area contributed by atoms with Crippen molar-refractivity contribution >= 4 is 16.0 Å². The first-order chi connectivity index (χ1) is 12.2. The van der Waals surface area contributed by atoms with Gasteiger partial charge in [-0.05, 0) is 37.6 Å². The Hall–Kier alpha value is -2.33. The fourth-order valence-electron chi connectivity index (χ4n) is 2.14. The summed E-state index contributed by atoms with van der Waals surface area (Å²) in [6, 6.07) is 4.56. The Morgan fingerprint density at radius 3 is 2.54 bits per heavy atom. The van der Waals surface area contributed by atoms with Crippen molar-refractivity contribution in [1.29, 1.82) is 0 Å². The molecule has 10 heteroatoms. The highest BCUT2D eigenvalue weighted by atomic mass is 32.2. The minimum atomic E-state index is -3.74. The largest absolute Gasteiger partial charge is 0.453 e. The Balaban J connectivity index is 1.82. The van der Waals surface area contributed by atoms with E-state index >= 15 is 0 Å². The van der Waals surface area contributed by atoms with E-state index in [1.807, 2.05) is 0 Å². The first-order valence-corrected chi connectivity index (χ1v) is 9.35. The molecule has 0 radical (unpaired) electrons. The summed E-state index contributed by atoms with van der Waals surface area (Å²) in [5, 5.41) is 7.43. The molecule has 0 amide bonds. The summed E-state index contributed by atoms with van der Waals surface area (Å²) in [5.74, 6) is -0.441. The van der Waals surface area contributed by atoms with E-state index in [0.29, 0.717) is 5.89 Å². The molecule has 2 rings (SSSR count). The summed E-state index contributed by atoms with van der Waals surface area (Å²) in [6.07, 6.45) is -0.379. The van der Waals surface area contributed by atoms with E-state index in [4.69, 9.17) is 9.15 Å². The maximum atomic E-state index is 12.9. The van der Waals surface area contributed by atoms with E-state index in [-0.39, 0.29) is 30.2 Å². The maximum absolute atomic E-state index is 12.9. The van der Waals surface area contributed by atoms with Crippen molar-refractivity contribution in [2.75, 3.05) is 13.6 Å². The molecule has 26 heavy (non-hydrogen) atoms. The minimum Gasteiger partial charge on any atom is -0.453 e. The van der Waals surface area contributed by atoms with Crippen molar-refractivity contribution in [3.63, 3.8) is 0 Å². The van der Waals surface area contributed by atoms with Gasteiger partial charge in [-0.25, -0.2) is 17.1 Å². The average molecular weight is 385 g/mol. The molecule has 1 atom stereocenters. The molecule has 0 saturated carbocycles. The van der Waals surface area contributed by atoms with Crippen LogP contribution in [0.1, 0.15) is 37.7 Å². The number of rotatable bonds is 8. The third-order valence-corrected chi connectivity index (χ3v) is 5.44. The molecular formula is C16H20FN3O5S. The van der Waals surface area contributed by atoms with Gasteiger partial charge in [-0.3, -0.25) is 4.79 Å². The van der Waals surface area contributed by atoms with E-state index < -0.39 is 27.9 Å². The SMILES string of the molecule is Cc1nnc(C(C)OC(=O)CCCN(C)S(=O)(=O)c2ccc(F)cc2)o1. The second-order valence-corrected chi connectivity index (χ2v) is 7.72. The van der Waals surface area contributed by atoms with Crippen LogP contribution in [0.3, 0.4) is 0 Å². The second-order valence-electron chi connectivity index (χ2n) is 5.68. The normalized spacial score (nSPS) is 13.0. The Bertz CT molecular complexity index is 851. The van der Waals surface area contributed by atoms with E-state index in [9.17, 15) is 17.6 Å². The van der Waals surface area contributed by atoms with Crippen LogP contribution in [0.2, 0.25) is 0 Å². The number of aromatic nitrogens is 2. The van der Waals surface area contributed by atoms with Crippen LogP contribution in [0.5, 0.6) is 0 Å². The Labute approximate surface area is 151 Å². The van der Waals surface area contributed by atoms with E-state index in [2.05, 4.69) is 10.2 Å². The van der Waals surface area contributed by atoms with E-state index in [1.165, 1.54) is 19.2 Å². The molecule has 0 spiro atoms. The number of sulfonamides is 1. The summed E-state index contributed by atoms with van der Waals surface area (Å²) in [7, 11) is -2.34. The van der Waals surface area contributed by atoms with Gasteiger partial charge in [0.1, 0.15) is 5.82 Å². The molecule has 142 valence electrons. The predicted octanol–water partition coefficient (Wildman–Crippen LogP) is 2.22. The number of nitrogens with zero attached hydrogens (tertiary/aromatic N) is 3. The van der Waals surface area contributed by atoms with Crippen LogP contribution in [0.15, 0.2) is 33.6 Å². The van der Waals surface area contributed by atoms with Gasteiger partial charge in [-0.15, -0.1) is 10.2 Å². The first kappa shape index (κ1) is 20.0. The van der Waals surface area contributed by atoms with Gasteiger partial charge in [-0.2, -0.15) is 0 Å². The number of carbonyl (C=O) groups excluding carboxylic acids is 1. The molecule has 0 saturated heterocycles. The molecule has 0 aliphatic carbocycles. The molecule has 1 heterocycles. The third kappa shape index (κ3) is 5.09. The lowest BCUT2D eigenvalue weighted by atomic mass is 10.3. The van der Waals surface area contributed by atoms with Crippen molar-refractivity contribution in [1.82, 2.24) is 14.5 Å². The molecule has 8 nitrogen and oxygen atoms in total. The third-order valence-electron chi connectivity index (χ3n) is 3.57. The van der Waals surface area contributed by atoms with Crippen LogP contribution in [0, 0.1) is 12.7 Å². The molecule has 1 unspecified atom stereocenters. The summed E-state index contributed by atoms with van der Waals surface area (Å²) in [5.41, 5.74) is 0. The van der Waals surface area contributed by atoms with Crippen molar-refractivity contribution in [3.05, 3.63) is 41.9 Å². The van der Waals surface area contributed by atoms with Gasteiger partial charge in [0.2, 0.25) is 15.9 Å². The molecule has 2 aromatic rings. The van der Waals surface area contributed by atoms with Gasteiger partial charge in [0.25, 0.3) is 5.89 Å². The highest BCUT2D eigenvalue weighted by Gasteiger charge is 2.21. The second kappa shape index (κ2) is 8.37. The smallest absolute Gasteiger partial charge is 0.306 e. The topological polar surface area (TPSA) is 103 Å². The minimum absolute atomic E-state index is 0.00985. The maximum Gasteiger partial charge on any atom is 0.306 e.